The van der Waals surface area contributed by atoms with Gasteiger partial charge in [0.05, 0.1) is 4.90 Å². The average Bonchev–Trinajstić information content (AvgIpc) is 2.37. The molecule has 1 aromatic carbocycles. The molecule has 21 heavy (non-hydrogen) atoms. The molecule has 0 bridgehead atoms. The van der Waals surface area contributed by atoms with E-state index in [4.69, 9.17) is 5.14 Å². The van der Waals surface area contributed by atoms with Crippen molar-refractivity contribution in [1.82, 2.24) is 4.98 Å². The van der Waals surface area contributed by atoms with E-state index in [0.717, 1.165) is 18.2 Å². The smallest absolute Gasteiger partial charge is 0.255 e. The predicted molar refractivity (Wildman–Crippen MR) is 74.7 cm³/mol. The SMILES string of the molecule is Cc1cc(C(=O)Nc2cc(F)cc(S(N)(=O)=O)c2)ccn1. The molecule has 0 saturated carbocycles. The van der Waals surface area contributed by atoms with Gasteiger partial charge in [0.25, 0.3) is 5.91 Å². The molecule has 8 heteroatoms. The number of carbonyl (C=O) groups excluding carboxylic acids is 1. The molecule has 1 aromatic heterocycles. The van der Waals surface area contributed by atoms with Crippen LogP contribution in [-0.2, 0) is 10.0 Å². The van der Waals surface area contributed by atoms with Crippen molar-refractivity contribution in [3.63, 3.8) is 0 Å². The number of hydrogen-bond donors (Lipinski definition) is 2. The number of aromatic nitrogens is 1. The van der Waals surface area contributed by atoms with Crippen molar-refractivity contribution in [2.45, 2.75) is 11.8 Å². The van der Waals surface area contributed by atoms with Gasteiger partial charge in [0.15, 0.2) is 0 Å². The highest BCUT2D eigenvalue weighted by Crippen LogP contribution is 2.18. The molecule has 1 heterocycles. The van der Waals surface area contributed by atoms with Crippen molar-refractivity contribution in [3.8, 4) is 0 Å². The first-order valence-electron chi connectivity index (χ1n) is 5.83. The summed E-state index contributed by atoms with van der Waals surface area (Å²) >= 11 is 0. The van der Waals surface area contributed by atoms with Crippen LogP contribution >= 0.6 is 0 Å². The number of nitrogens with zero attached hydrogens (tertiary/aromatic N) is 1. The fourth-order valence-corrected chi connectivity index (χ4v) is 2.26. The molecule has 2 rings (SSSR count). The first-order chi connectivity index (χ1) is 9.75. The summed E-state index contributed by atoms with van der Waals surface area (Å²) in [5.41, 5.74) is 0.967. The van der Waals surface area contributed by atoms with E-state index in [0.29, 0.717) is 11.3 Å². The molecule has 3 N–H and O–H groups in total. The summed E-state index contributed by atoms with van der Waals surface area (Å²) in [6.45, 7) is 1.72. The van der Waals surface area contributed by atoms with Gasteiger partial charge in [-0.05, 0) is 37.3 Å². The molecule has 0 aliphatic carbocycles. The Balaban J connectivity index is 2.32. The van der Waals surface area contributed by atoms with Crippen molar-refractivity contribution in [2.75, 3.05) is 5.32 Å². The molecule has 0 atom stereocenters. The zero-order chi connectivity index (χ0) is 15.6. The zero-order valence-corrected chi connectivity index (χ0v) is 11.8. The highest BCUT2D eigenvalue weighted by Gasteiger charge is 2.13. The van der Waals surface area contributed by atoms with Crippen LogP contribution in [0.4, 0.5) is 10.1 Å². The van der Waals surface area contributed by atoms with Gasteiger partial charge in [-0.1, -0.05) is 0 Å². The quantitative estimate of drug-likeness (QED) is 0.895. The molecule has 2 aromatic rings. The second kappa shape index (κ2) is 5.58. The van der Waals surface area contributed by atoms with Gasteiger partial charge in [-0.2, -0.15) is 0 Å². The maximum atomic E-state index is 13.4. The van der Waals surface area contributed by atoms with E-state index in [9.17, 15) is 17.6 Å². The highest BCUT2D eigenvalue weighted by atomic mass is 32.2. The Morgan fingerprint density at radius 1 is 1.29 bits per heavy atom. The van der Waals surface area contributed by atoms with Crippen molar-refractivity contribution >= 4 is 21.6 Å². The standard InChI is InChI=1S/C13H12FN3O3S/c1-8-4-9(2-3-16-8)13(18)17-11-5-10(14)6-12(7-11)21(15,19)20/h2-7H,1H3,(H,17,18)(H2,15,19,20). The summed E-state index contributed by atoms with van der Waals surface area (Å²) in [6, 6.07) is 5.91. The van der Waals surface area contributed by atoms with E-state index in [1.165, 1.54) is 12.3 Å². The minimum absolute atomic E-state index is 0.00140. The van der Waals surface area contributed by atoms with Crippen LogP contribution in [0.15, 0.2) is 41.4 Å². The lowest BCUT2D eigenvalue weighted by atomic mass is 10.2. The minimum atomic E-state index is -4.06. The maximum absolute atomic E-state index is 13.4. The Labute approximate surface area is 120 Å². The molecule has 0 fully saturated rings. The molecule has 0 aliphatic heterocycles. The number of pyridine rings is 1. The van der Waals surface area contributed by atoms with Gasteiger partial charge in [-0.25, -0.2) is 17.9 Å². The number of halogens is 1. The van der Waals surface area contributed by atoms with Crippen LogP contribution in [0.2, 0.25) is 0 Å². The molecule has 0 saturated heterocycles. The number of carbonyl (C=O) groups is 1. The van der Waals surface area contributed by atoms with E-state index in [1.807, 2.05) is 0 Å². The van der Waals surface area contributed by atoms with Gasteiger partial charge in [-0.15, -0.1) is 0 Å². The average molecular weight is 309 g/mol. The molecule has 6 nitrogen and oxygen atoms in total. The zero-order valence-electron chi connectivity index (χ0n) is 11.0. The Morgan fingerprint density at radius 3 is 2.62 bits per heavy atom. The van der Waals surface area contributed by atoms with Crippen molar-refractivity contribution in [2.24, 2.45) is 5.14 Å². The van der Waals surface area contributed by atoms with Crippen molar-refractivity contribution in [3.05, 3.63) is 53.6 Å². The van der Waals surface area contributed by atoms with Crippen LogP contribution in [-0.4, -0.2) is 19.3 Å². The van der Waals surface area contributed by atoms with Crippen molar-refractivity contribution < 1.29 is 17.6 Å². The summed E-state index contributed by atoms with van der Waals surface area (Å²) in [4.78, 5) is 15.5. The molecule has 0 aliphatic rings. The topological polar surface area (TPSA) is 102 Å². The second-order valence-electron chi connectivity index (χ2n) is 4.36. The Hall–Kier alpha value is -2.32. The first kappa shape index (κ1) is 15.1. The van der Waals surface area contributed by atoms with Gasteiger partial charge in [0.1, 0.15) is 5.82 Å². The van der Waals surface area contributed by atoms with Gasteiger partial charge >= 0.3 is 0 Å². The van der Waals surface area contributed by atoms with E-state index in [1.54, 1.807) is 13.0 Å². The van der Waals surface area contributed by atoms with Gasteiger partial charge in [0, 0.05) is 23.1 Å². The monoisotopic (exact) mass is 309 g/mol. The highest BCUT2D eigenvalue weighted by molar-refractivity contribution is 7.89. The van der Waals surface area contributed by atoms with E-state index in [2.05, 4.69) is 10.3 Å². The number of nitrogens with two attached hydrogens (primary N) is 1. The maximum Gasteiger partial charge on any atom is 0.255 e. The Kier molecular flexibility index (Phi) is 4.01. The van der Waals surface area contributed by atoms with E-state index < -0.39 is 26.6 Å². The molecule has 1 amide bonds. The van der Waals surface area contributed by atoms with Crippen LogP contribution in [0, 0.1) is 12.7 Å². The van der Waals surface area contributed by atoms with E-state index in [-0.39, 0.29) is 5.69 Å². The summed E-state index contributed by atoms with van der Waals surface area (Å²) in [5.74, 6) is -1.32. The number of rotatable bonds is 3. The third-order valence-corrected chi connectivity index (χ3v) is 3.51. The fourth-order valence-electron chi connectivity index (χ4n) is 1.69. The van der Waals surface area contributed by atoms with Crippen LogP contribution < -0.4 is 10.5 Å². The lowest BCUT2D eigenvalue weighted by Gasteiger charge is -2.07. The van der Waals surface area contributed by atoms with Crippen LogP contribution in [0.5, 0.6) is 0 Å². The lowest BCUT2D eigenvalue weighted by Crippen LogP contribution is -2.15. The Morgan fingerprint density at radius 2 is 2.00 bits per heavy atom. The largest absolute Gasteiger partial charge is 0.322 e. The number of amides is 1. The third kappa shape index (κ3) is 3.83. The van der Waals surface area contributed by atoms with Crippen LogP contribution in [0.25, 0.3) is 0 Å². The third-order valence-electron chi connectivity index (χ3n) is 2.62. The first-order valence-corrected chi connectivity index (χ1v) is 7.38. The molecule has 110 valence electrons. The number of sulfonamides is 1. The summed E-state index contributed by atoms with van der Waals surface area (Å²) in [6.07, 6.45) is 1.46. The van der Waals surface area contributed by atoms with Gasteiger partial charge in [-0.3, -0.25) is 9.78 Å². The van der Waals surface area contributed by atoms with E-state index >= 15 is 0 Å². The number of benzene rings is 1. The van der Waals surface area contributed by atoms with Gasteiger partial charge < -0.3 is 5.32 Å². The molecule has 0 unspecified atom stereocenters. The second-order valence-corrected chi connectivity index (χ2v) is 5.92. The predicted octanol–water partition coefficient (Wildman–Crippen LogP) is 1.43. The molecule has 0 radical (unpaired) electrons. The Bertz CT molecular complexity index is 806. The summed E-state index contributed by atoms with van der Waals surface area (Å²) < 4.78 is 35.8. The van der Waals surface area contributed by atoms with Gasteiger partial charge in [0.2, 0.25) is 10.0 Å². The lowest BCUT2D eigenvalue weighted by molar-refractivity contribution is 0.102. The fraction of sp³-hybridized carbons (Fsp3) is 0.0769. The van der Waals surface area contributed by atoms with Crippen LogP contribution in [0.3, 0.4) is 0 Å². The normalized spacial score (nSPS) is 11.2. The summed E-state index contributed by atoms with van der Waals surface area (Å²) in [5, 5.41) is 7.35. The van der Waals surface area contributed by atoms with Crippen LogP contribution in [0.1, 0.15) is 16.1 Å². The minimum Gasteiger partial charge on any atom is -0.322 e. The number of primary sulfonamides is 1. The molecular weight excluding hydrogens is 297 g/mol. The number of hydrogen-bond acceptors (Lipinski definition) is 4. The van der Waals surface area contributed by atoms with Crippen molar-refractivity contribution in [1.29, 1.82) is 0 Å². The number of nitrogens with one attached hydrogen (secondary N) is 1. The molecular formula is C13H12FN3O3S. The molecule has 0 spiro atoms. The number of aryl methyl sites for hydroxylation is 1. The summed E-state index contributed by atoms with van der Waals surface area (Å²) in [7, 11) is -4.06. The number of anilines is 1.